The van der Waals surface area contributed by atoms with Crippen LogP contribution in [0.1, 0.15) is 18.4 Å². The fraction of sp³-hybridized carbons (Fsp3) is 0.435. The molecule has 0 unspecified atom stereocenters. The highest BCUT2D eigenvalue weighted by Gasteiger charge is 2.20. The van der Waals surface area contributed by atoms with Gasteiger partial charge in [-0.15, -0.1) is 0 Å². The van der Waals surface area contributed by atoms with Crippen LogP contribution in [0.25, 0.3) is 0 Å². The van der Waals surface area contributed by atoms with Crippen LogP contribution in [-0.2, 0) is 11.2 Å². The molecule has 1 aliphatic heterocycles. The van der Waals surface area contributed by atoms with Gasteiger partial charge >= 0.3 is 0 Å². The van der Waals surface area contributed by atoms with E-state index < -0.39 is 0 Å². The molecule has 1 N–H and O–H groups in total. The van der Waals surface area contributed by atoms with E-state index in [1.807, 2.05) is 24.3 Å². The molecule has 5 nitrogen and oxygen atoms in total. The Morgan fingerprint density at radius 1 is 1.04 bits per heavy atom. The maximum atomic E-state index is 12.2. The quantitative estimate of drug-likeness (QED) is 0.677. The van der Waals surface area contributed by atoms with Gasteiger partial charge in [-0.3, -0.25) is 9.69 Å². The number of nitrogens with one attached hydrogen (secondary N) is 1. The van der Waals surface area contributed by atoms with Crippen LogP contribution in [0.5, 0.6) is 11.5 Å². The Kier molecular flexibility index (Phi) is 7.73. The van der Waals surface area contributed by atoms with Crippen LogP contribution in [0.15, 0.2) is 54.6 Å². The molecule has 5 heteroatoms. The number of ether oxygens (including phenoxy) is 2. The van der Waals surface area contributed by atoms with Crippen molar-refractivity contribution >= 4 is 5.91 Å². The molecule has 1 saturated heterocycles. The molecule has 0 aromatic heterocycles. The summed E-state index contributed by atoms with van der Waals surface area (Å²) in [6.07, 6.45) is 3.45. The highest BCUT2D eigenvalue weighted by Crippen LogP contribution is 2.21. The largest absolute Gasteiger partial charge is 0.497 e. The van der Waals surface area contributed by atoms with Gasteiger partial charge in [0, 0.05) is 0 Å². The lowest BCUT2D eigenvalue weighted by Gasteiger charge is -2.31. The molecule has 0 spiro atoms. The molecule has 3 rings (SSSR count). The van der Waals surface area contributed by atoms with Gasteiger partial charge in [-0.05, 0) is 68.1 Å². The maximum Gasteiger partial charge on any atom is 0.234 e. The van der Waals surface area contributed by atoms with Gasteiger partial charge in [0.25, 0.3) is 0 Å². The van der Waals surface area contributed by atoms with E-state index in [0.717, 1.165) is 49.8 Å². The van der Waals surface area contributed by atoms with Crippen molar-refractivity contribution in [1.29, 1.82) is 0 Å². The van der Waals surface area contributed by atoms with Crippen molar-refractivity contribution in [2.24, 2.45) is 5.92 Å². The van der Waals surface area contributed by atoms with Crippen LogP contribution in [0.4, 0.5) is 0 Å². The van der Waals surface area contributed by atoms with Crippen LogP contribution in [0, 0.1) is 5.92 Å². The number of hydrogen-bond donors (Lipinski definition) is 1. The van der Waals surface area contributed by atoms with Crippen LogP contribution in [-0.4, -0.2) is 50.7 Å². The molecule has 0 saturated carbocycles. The monoisotopic (exact) mass is 382 g/mol. The van der Waals surface area contributed by atoms with E-state index in [-0.39, 0.29) is 5.91 Å². The number of amides is 1. The van der Waals surface area contributed by atoms with E-state index >= 15 is 0 Å². The van der Waals surface area contributed by atoms with Crippen LogP contribution >= 0.6 is 0 Å². The Morgan fingerprint density at radius 3 is 2.39 bits per heavy atom. The lowest BCUT2D eigenvalue weighted by molar-refractivity contribution is -0.122. The SMILES string of the molecule is COc1ccc(OCCNC(=O)CN2CCC(Cc3ccccc3)CC2)cc1. The number of hydrogen-bond acceptors (Lipinski definition) is 4. The summed E-state index contributed by atoms with van der Waals surface area (Å²) in [5.74, 6) is 2.36. The zero-order valence-electron chi connectivity index (χ0n) is 16.6. The zero-order valence-corrected chi connectivity index (χ0v) is 16.6. The van der Waals surface area contributed by atoms with Crippen molar-refractivity contribution in [3.05, 3.63) is 60.2 Å². The Morgan fingerprint density at radius 2 is 1.71 bits per heavy atom. The summed E-state index contributed by atoms with van der Waals surface area (Å²) in [6.45, 7) is 3.42. The van der Waals surface area contributed by atoms with Gasteiger partial charge in [0.1, 0.15) is 18.1 Å². The van der Waals surface area contributed by atoms with E-state index in [1.54, 1.807) is 7.11 Å². The van der Waals surface area contributed by atoms with Gasteiger partial charge in [-0.2, -0.15) is 0 Å². The minimum atomic E-state index is 0.0693. The van der Waals surface area contributed by atoms with Crippen LogP contribution < -0.4 is 14.8 Å². The van der Waals surface area contributed by atoms with Gasteiger partial charge in [0.15, 0.2) is 0 Å². The van der Waals surface area contributed by atoms with Crippen molar-refractivity contribution in [2.75, 3.05) is 39.9 Å². The second-order valence-electron chi connectivity index (χ2n) is 7.28. The van der Waals surface area contributed by atoms with Gasteiger partial charge in [0.2, 0.25) is 5.91 Å². The summed E-state index contributed by atoms with van der Waals surface area (Å²) in [5.41, 5.74) is 1.41. The molecular weight excluding hydrogens is 352 g/mol. The summed E-state index contributed by atoms with van der Waals surface area (Å²) in [5, 5.41) is 2.94. The van der Waals surface area contributed by atoms with Gasteiger partial charge in [-0.1, -0.05) is 30.3 Å². The number of likely N-dealkylation sites (tertiary alicyclic amines) is 1. The van der Waals surface area contributed by atoms with Crippen LogP contribution in [0.2, 0.25) is 0 Å². The van der Waals surface area contributed by atoms with Gasteiger partial charge in [-0.25, -0.2) is 0 Å². The minimum absolute atomic E-state index is 0.0693. The molecule has 1 aliphatic rings. The normalized spacial score (nSPS) is 15.2. The Labute approximate surface area is 167 Å². The third-order valence-electron chi connectivity index (χ3n) is 5.19. The molecule has 28 heavy (non-hydrogen) atoms. The first-order chi connectivity index (χ1) is 13.7. The summed E-state index contributed by atoms with van der Waals surface area (Å²) in [4.78, 5) is 14.4. The predicted octanol–water partition coefficient (Wildman–Crippen LogP) is 3.14. The van der Waals surface area contributed by atoms with Gasteiger partial charge in [0.05, 0.1) is 20.2 Å². The predicted molar refractivity (Wildman–Crippen MR) is 111 cm³/mol. The van der Waals surface area contributed by atoms with E-state index in [4.69, 9.17) is 9.47 Å². The molecule has 0 bridgehead atoms. The van der Waals surface area contributed by atoms with Crippen LogP contribution in [0.3, 0.4) is 0 Å². The first kappa shape index (κ1) is 20.2. The second-order valence-corrected chi connectivity index (χ2v) is 7.28. The summed E-state index contributed by atoms with van der Waals surface area (Å²) < 4.78 is 10.8. The molecule has 0 atom stereocenters. The highest BCUT2D eigenvalue weighted by molar-refractivity contribution is 5.78. The maximum absolute atomic E-state index is 12.2. The van der Waals surface area contributed by atoms with E-state index in [9.17, 15) is 4.79 Å². The number of methoxy groups -OCH3 is 1. The fourth-order valence-electron chi connectivity index (χ4n) is 3.59. The molecule has 0 radical (unpaired) electrons. The van der Waals surface area contributed by atoms with Crippen molar-refractivity contribution in [2.45, 2.75) is 19.3 Å². The third-order valence-corrected chi connectivity index (χ3v) is 5.19. The minimum Gasteiger partial charge on any atom is -0.497 e. The number of carbonyl (C=O) groups excluding carboxylic acids is 1. The van der Waals surface area contributed by atoms with Crippen molar-refractivity contribution in [1.82, 2.24) is 10.2 Å². The average Bonchev–Trinajstić information content (AvgIpc) is 2.74. The second kappa shape index (κ2) is 10.7. The zero-order chi connectivity index (χ0) is 19.6. The number of piperidine rings is 1. The number of nitrogens with zero attached hydrogens (tertiary/aromatic N) is 1. The average molecular weight is 383 g/mol. The first-order valence-electron chi connectivity index (χ1n) is 10.0. The molecule has 1 amide bonds. The molecule has 1 heterocycles. The standard InChI is InChI=1S/C23H30N2O3/c1-27-21-7-9-22(10-8-21)28-16-13-24-23(26)18-25-14-11-20(12-15-25)17-19-5-3-2-4-6-19/h2-10,20H,11-18H2,1H3,(H,24,26). The summed E-state index contributed by atoms with van der Waals surface area (Å²) in [6, 6.07) is 18.1. The van der Waals surface area contributed by atoms with Gasteiger partial charge < -0.3 is 14.8 Å². The van der Waals surface area contributed by atoms with Crippen molar-refractivity contribution < 1.29 is 14.3 Å². The highest BCUT2D eigenvalue weighted by atomic mass is 16.5. The first-order valence-corrected chi connectivity index (χ1v) is 10.0. The molecule has 2 aromatic rings. The lowest BCUT2D eigenvalue weighted by atomic mass is 9.90. The Hall–Kier alpha value is -2.53. The molecule has 2 aromatic carbocycles. The fourth-order valence-corrected chi connectivity index (χ4v) is 3.59. The smallest absolute Gasteiger partial charge is 0.234 e. The number of benzene rings is 2. The topological polar surface area (TPSA) is 50.8 Å². The Bertz CT molecular complexity index is 710. The third kappa shape index (κ3) is 6.57. The Balaban J connectivity index is 1.28. The summed E-state index contributed by atoms with van der Waals surface area (Å²) in [7, 11) is 1.64. The van der Waals surface area contributed by atoms with E-state index in [1.165, 1.54) is 5.56 Å². The van der Waals surface area contributed by atoms with E-state index in [0.29, 0.717) is 19.7 Å². The van der Waals surface area contributed by atoms with E-state index in [2.05, 4.69) is 40.5 Å². The molecule has 1 fully saturated rings. The van der Waals surface area contributed by atoms with Crippen molar-refractivity contribution in [3.63, 3.8) is 0 Å². The summed E-state index contributed by atoms with van der Waals surface area (Å²) >= 11 is 0. The number of rotatable bonds is 9. The lowest BCUT2D eigenvalue weighted by Crippen LogP contribution is -2.42. The molecule has 150 valence electrons. The molecule has 0 aliphatic carbocycles. The number of carbonyl (C=O) groups is 1. The molecular formula is C23H30N2O3. The van der Waals surface area contributed by atoms with Crippen molar-refractivity contribution in [3.8, 4) is 11.5 Å².